The number of ether oxygens (including phenoxy) is 1. The minimum Gasteiger partial charge on any atom is -0.508 e. The zero-order valence-electron chi connectivity index (χ0n) is 8.87. The van der Waals surface area contributed by atoms with Gasteiger partial charge in [0.1, 0.15) is 5.75 Å². The Bertz CT molecular complexity index is 380. The summed E-state index contributed by atoms with van der Waals surface area (Å²) in [5.41, 5.74) is -0.690. The van der Waals surface area contributed by atoms with Crippen molar-refractivity contribution < 1.29 is 19.0 Å². The summed E-state index contributed by atoms with van der Waals surface area (Å²) in [5, 5.41) is 8.95. The first kappa shape index (κ1) is 11.5. The number of rotatable bonds is 1. The third-order valence-electron chi connectivity index (χ3n) is 1.73. The van der Waals surface area contributed by atoms with Gasteiger partial charge in [-0.15, -0.1) is 0 Å². The van der Waals surface area contributed by atoms with Crippen molar-refractivity contribution in [2.75, 3.05) is 0 Å². The summed E-state index contributed by atoms with van der Waals surface area (Å²) in [6, 6.07) is 3.37. The van der Waals surface area contributed by atoms with E-state index in [0.717, 1.165) is 6.07 Å². The Hall–Kier alpha value is -1.58. The predicted octanol–water partition coefficient (Wildman–Crippen LogP) is 2.48. The summed E-state index contributed by atoms with van der Waals surface area (Å²) in [6.07, 6.45) is 0. The topological polar surface area (TPSA) is 46.5 Å². The molecule has 3 nitrogen and oxygen atoms in total. The molecule has 0 aliphatic heterocycles. The monoisotopic (exact) mass is 212 g/mol. The molecule has 0 spiro atoms. The number of benzene rings is 1. The Kier molecular flexibility index (Phi) is 2.98. The number of phenols is 1. The number of carbonyl (C=O) groups excluding carboxylic acids is 1. The lowest BCUT2D eigenvalue weighted by molar-refractivity contribution is -0.143. The van der Waals surface area contributed by atoms with E-state index in [0.29, 0.717) is 0 Å². The van der Waals surface area contributed by atoms with E-state index in [1.807, 2.05) is 0 Å². The zero-order valence-corrected chi connectivity index (χ0v) is 8.87. The molecule has 15 heavy (non-hydrogen) atoms. The van der Waals surface area contributed by atoms with Crippen LogP contribution >= 0.6 is 0 Å². The SMILES string of the molecule is CC(C)(C)C(=O)Oc1ccc(O)cc1F. The summed E-state index contributed by atoms with van der Waals surface area (Å²) in [5.74, 6) is -1.66. The molecule has 0 atom stereocenters. The maximum Gasteiger partial charge on any atom is 0.316 e. The average molecular weight is 212 g/mol. The highest BCUT2D eigenvalue weighted by Crippen LogP contribution is 2.24. The van der Waals surface area contributed by atoms with Gasteiger partial charge in [-0.1, -0.05) is 0 Å². The van der Waals surface area contributed by atoms with Gasteiger partial charge in [0.25, 0.3) is 0 Å². The molecule has 1 rings (SSSR count). The van der Waals surface area contributed by atoms with E-state index in [1.54, 1.807) is 20.8 Å². The highest BCUT2D eigenvalue weighted by atomic mass is 19.1. The molecule has 0 radical (unpaired) electrons. The van der Waals surface area contributed by atoms with Crippen LogP contribution in [-0.4, -0.2) is 11.1 Å². The smallest absolute Gasteiger partial charge is 0.316 e. The summed E-state index contributed by atoms with van der Waals surface area (Å²) in [6.45, 7) is 5.02. The summed E-state index contributed by atoms with van der Waals surface area (Å²) in [7, 11) is 0. The van der Waals surface area contributed by atoms with Crippen LogP contribution in [0, 0.1) is 11.2 Å². The molecule has 0 heterocycles. The Balaban J connectivity index is 2.87. The number of esters is 1. The second-order valence-corrected chi connectivity index (χ2v) is 4.25. The van der Waals surface area contributed by atoms with Crippen LogP contribution in [-0.2, 0) is 4.79 Å². The molecule has 1 aromatic carbocycles. The Morgan fingerprint density at radius 2 is 2.00 bits per heavy atom. The lowest BCUT2D eigenvalue weighted by Gasteiger charge is -2.16. The van der Waals surface area contributed by atoms with Crippen molar-refractivity contribution in [3.8, 4) is 11.5 Å². The number of carbonyl (C=O) groups is 1. The van der Waals surface area contributed by atoms with Crippen LogP contribution in [0.15, 0.2) is 18.2 Å². The van der Waals surface area contributed by atoms with Crippen LogP contribution < -0.4 is 4.74 Å². The van der Waals surface area contributed by atoms with Crippen molar-refractivity contribution in [2.24, 2.45) is 5.41 Å². The molecule has 1 N–H and O–H groups in total. The molecule has 0 aliphatic rings. The maximum atomic E-state index is 13.2. The minimum absolute atomic E-state index is 0.173. The van der Waals surface area contributed by atoms with E-state index in [2.05, 4.69) is 0 Å². The first-order valence-corrected chi connectivity index (χ1v) is 4.51. The van der Waals surface area contributed by atoms with E-state index in [9.17, 15) is 9.18 Å². The first-order valence-electron chi connectivity index (χ1n) is 4.51. The number of hydrogen-bond donors (Lipinski definition) is 1. The number of halogens is 1. The van der Waals surface area contributed by atoms with Gasteiger partial charge in [-0.2, -0.15) is 0 Å². The molecule has 0 unspecified atom stereocenters. The lowest BCUT2D eigenvalue weighted by atomic mass is 9.97. The van der Waals surface area contributed by atoms with Gasteiger partial charge in [-0.05, 0) is 32.9 Å². The van der Waals surface area contributed by atoms with Crippen molar-refractivity contribution >= 4 is 5.97 Å². The molecule has 0 saturated heterocycles. The third kappa shape index (κ3) is 2.94. The molecule has 4 heteroatoms. The molecule has 0 aromatic heterocycles. The molecular weight excluding hydrogens is 199 g/mol. The standard InChI is InChI=1S/C11H13FO3/c1-11(2,3)10(14)15-9-5-4-7(13)6-8(9)12/h4-6,13H,1-3H3. The fraction of sp³-hybridized carbons (Fsp3) is 0.364. The highest BCUT2D eigenvalue weighted by Gasteiger charge is 2.24. The van der Waals surface area contributed by atoms with Crippen molar-refractivity contribution in [3.05, 3.63) is 24.0 Å². The first-order chi connectivity index (χ1) is 6.80. The van der Waals surface area contributed by atoms with E-state index >= 15 is 0 Å². The highest BCUT2D eigenvalue weighted by molar-refractivity contribution is 5.77. The zero-order chi connectivity index (χ0) is 11.6. The Morgan fingerprint density at radius 3 is 2.47 bits per heavy atom. The Morgan fingerprint density at radius 1 is 1.40 bits per heavy atom. The molecule has 0 aliphatic carbocycles. The minimum atomic E-state index is -0.757. The Labute approximate surface area is 87.5 Å². The summed E-state index contributed by atoms with van der Waals surface area (Å²) < 4.78 is 18.0. The molecule has 82 valence electrons. The molecule has 0 bridgehead atoms. The second kappa shape index (κ2) is 3.88. The van der Waals surface area contributed by atoms with Gasteiger partial charge in [-0.3, -0.25) is 4.79 Å². The summed E-state index contributed by atoms with van der Waals surface area (Å²) >= 11 is 0. The van der Waals surface area contributed by atoms with Crippen molar-refractivity contribution in [1.29, 1.82) is 0 Å². The molecular formula is C11H13FO3. The van der Waals surface area contributed by atoms with Gasteiger partial charge in [-0.25, -0.2) is 4.39 Å². The fourth-order valence-corrected chi connectivity index (χ4v) is 0.825. The van der Waals surface area contributed by atoms with Crippen molar-refractivity contribution in [1.82, 2.24) is 0 Å². The largest absolute Gasteiger partial charge is 0.508 e. The average Bonchev–Trinajstić information content (AvgIpc) is 2.08. The van der Waals surface area contributed by atoms with Crippen LogP contribution in [0.4, 0.5) is 4.39 Å². The molecule has 0 amide bonds. The quantitative estimate of drug-likeness (QED) is 0.574. The second-order valence-electron chi connectivity index (χ2n) is 4.25. The predicted molar refractivity (Wildman–Crippen MR) is 53.2 cm³/mol. The van der Waals surface area contributed by atoms with Gasteiger partial charge in [0.2, 0.25) is 0 Å². The van der Waals surface area contributed by atoms with E-state index < -0.39 is 17.2 Å². The third-order valence-corrected chi connectivity index (χ3v) is 1.73. The normalized spacial score (nSPS) is 11.2. The van der Waals surface area contributed by atoms with Gasteiger partial charge in [0.05, 0.1) is 5.41 Å². The van der Waals surface area contributed by atoms with E-state index in [-0.39, 0.29) is 11.5 Å². The van der Waals surface area contributed by atoms with Crippen LogP contribution in [0.3, 0.4) is 0 Å². The van der Waals surface area contributed by atoms with Gasteiger partial charge >= 0.3 is 5.97 Å². The van der Waals surface area contributed by atoms with Crippen LogP contribution in [0.2, 0.25) is 0 Å². The number of aromatic hydroxyl groups is 1. The molecule has 0 fully saturated rings. The van der Waals surface area contributed by atoms with Crippen LogP contribution in [0.5, 0.6) is 11.5 Å². The number of phenolic OH excluding ortho intramolecular Hbond substituents is 1. The molecule has 0 saturated carbocycles. The van der Waals surface area contributed by atoms with Gasteiger partial charge < -0.3 is 9.84 Å². The summed E-state index contributed by atoms with van der Waals surface area (Å²) in [4.78, 5) is 11.4. The van der Waals surface area contributed by atoms with Crippen molar-refractivity contribution in [2.45, 2.75) is 20.8 Å². The van der Waals surface area contributed by atoms with E-state index in [4.69, 9.17) is 9.84 Å². The lowest BCUT2D eigenvalue weighted by Crippen LogP contribution is -2.25. The molecule has 1 aromatic rings. The van der Waals surface area contributed by atoms with E-state index in [1.165, 1.54) is 12.1 Å². The van der Waals surface area contributed by atoms with Gasteiger partial charge in [0, 0.05) is 6.07 Å². The fourth-order valence-electron chi connectivity index (χ4n) is 0.825. The number of hydrogen-bond acceptors (Lipinski definition) is 3. The van der Waals surface area contributed by atoms with Crippen LogP contribution in [0.1, 0.15) is 20.8 Å². The van der Waals surface area contributed by atoms with Gasteiger partial charge in [0.15, 0.2) is 11.6 Å². The van der Waals surface area contributed by atoms with Crippen LogP contribution in [0.25, 0.3) is 0 Å². The van der Waals surface area contributed by atoms with Crippen molar-refractivity contribution in [3.63, 3.8) is 0 Å². The maximum absolute atomic E-state index is 13.2.